The van der Waals surface area contributed by atoms with Crippen LogP contribution in [0.1, 0.15) is 10.4 Å². The molecule has 1 saturated heterocycles. The fourth-order valence-corrected chi connectivity index (χ4v) is 4.68. The molecule has 0 atom stereocenters. The molecule has 0 radical (unpaired) electrons. The highest BCUT2D eigenvalue weighted by Crippen LogP contribution is 2.22. The number of benzene rings is 2. The molecule has 1 aromatic heterocycles. The predicted molar refractivity (Wildman–Crippen MR) is 107 cm³/mol. The maximum atomic E-state index is 12.8. The molecule has 0 spiro atoms. The van der Waals surface area contributed by atoms with Gasteiger partial charge in [0.1, 0.15) is 0 Å². The molecule has 0 unspecified atom stereocenters. The van der Waals surface area contributed by atoms with Gasteiger partial charge in [0.05, 0.1) is 9.82 Å². The molecule has 2 heterocycles. The van der Waals surface area contributed by atoms with Crippen molar-refractivity contribution in [3.8, 4) is 11.5 Å². The number of aromatic nitrogens is 2. The molecule has 11 nitrogen and oxygen atoms in total. The molecule has 0 saturated carbocycles. The lowest BCUT2D eigenvalue weighted by molar-refractivity contribution is -0.384. The average molecular weight is 443 g/mol. The second-order valence-electron chi connectivity index (χ2n) is 6.77. The first-order valence-electron chi connectivity index (χ1n) is 9.27. The summed E-state index contributed by atoms with van der Waals surface area (Å²) < 4.78 is 32.0. The molecule has 2 aromatic carbocycles. The van der Waals surface area contributed by atoms with Crippen molar-refractivity contribution in [2.45, 2.75) is 4.90 Å². The molecule has 3 aromatic rings. The van der Waals surface area contributed by atoms with Gasteiger partial charge in [-0.25, -0.2) is 8.42 Å². The van der Waals surface area contributed by atoms with Crippen molar-refractivity contribution in [1.82, 2.24) is 19.4 Å². The summed E-state index contributed by atoms with van der Waals surface area (Å²) in [6.45, 7) is 0.725. The summed E-state index contributed by atoms with van der Waals surface area (Å²) in [4.78, 5) is 24.5. The third-order valence-corrected chi connectivity index (χ3v) is 6.86. The second-order valence-corrected chi connectivity index (χ2v) is 8.71. The Kier molecular flexibility index (Phi) is 5.48. The van der Waals surface area contributed by atoms with Crippen LogP contribution < -0.4 is 0 Å². The number of rotatable bonds is 5. The smallest absolute Gasteiger partial charge is 0.269 e. The first-order chi connectivity index (χ1) is 14.9. The van der Waals surface area contributed by atoms with Crippen molar-refractivity contribution in [3.63, 3.8) is 0 Å². The van der Waals surface area contributed by atoms with Crippen LogP contribution in [0.5, 0.6) is 0 Å². The summed E-state index contributed by atoms with van der Waals surface area (Å²) in [5, 5.41) is 18.2. The zero-order chi connectivity index (χ0) is 22.0. The van der Waals surface area contributed by atoms with Gasteiger partial charge in [0.25, 0.3) is 11.6 Å². The first kappa shape index (κ1) is 20.6. The Balaban J connectivity index is 1.40. The number of hydrogen-bond donors (Lipinski definition) is 0. The molecule has 0 bridgehead atoms. The lowest BCUT2D eigenvalue weighted by Crippen LogP contribution is -2.50. The van der Waals surface area contributed by atoms with Gasteiger partial charge < -0.3 is 9.32 Å². The van der Waals surface area contributed by atoms with Crippen molar-refractivity contribution in [3.05, 3.63) is 70.6 Å². The SMILES string of the molecule is O=C(c1ccc(-c2nnco2)cc1)N1CCN(S(=O)(=O)c2ccc([N+](=O)[O-])cc2)CC1. The molecule has 31 heavy (non-hydrogen) atoms. The van der Waals surface area contributed by atoms with Crippen LogP contribution in [0.15, 0.2) is 64.2 Å². The molecule has 1 aliphatic rings. The number of sulfonamides is 1. The Morgan fingerprint density at radius 2 is 1.65 bits per heavy atom. The maximum absolute atomic E-state index is 12.8. The molecule has 12 heteroatoms. The lowest BCUT2D eigenvalue weighted by atomic mass is 10.1. The van der Waals surface area contributed by atoms with E-state index in [1.807, 2.05) is 0 Å². The van der Waals surface area contributed by atoms with Gasteiger partial charge in [0.15, 0.2) is 0 Å². The number of piperazine rings is 1. The molecular weight excluding hydrogens is 426 g/mol. The molecule has 4 rings (SSSR count). The lowest BCUT2D eigenvalue weighted by Gasteiger charge is -2.34. The Morgan fingerprint density at radius 3 is 2.19 bits per heavy atom. The highest BCUT2D eigenvalue weighted by Gasteiger charge is 2.30. The number of amides is 1. The number of nitro benzene ring substituents is 1. The Hall–Kier alpha value is -3.64. The van der Waals surface area contributed by atoms with Gasteiger partial charge in [-0.2, -0.15) is 4.31 Å². The standard InChI is InChI=1S/C19H17N5O6S/c25-19(15-3-1-14(2-4-15)18-21-20-13-30-18)22-9-11-23(12-10-22)31(28,29)17-7-5-16(6-8-17)24(26)27/h1-8,13H,9-12H2. The molecular formula is C19H17N5O6S. The topological polar surface area (TPSA) is 140 Å². The molecule has 160 valence electrons. The third kappa shape index (κ3) is 4.15. The zero-order valence-corrected chi connectivity index (χ0v) is 16.9. The van der Waals surface area contributed by atoms with Crippen molar-refractivity contribution >= 4 is 21.6 Å². The minimum atomic E-state index is -3.80. The highest BCUT2D eigenvalue weighted by molar-refractivity contribution is 7.89. The van der Waals surface area contributed by atoms with Crippen LogP contribution >= 0.6 is 0 Å². The minimum absolute atomic E-state index is 0.0190. The number of carbonyl (C=O) groups is 1. The monoisotopic (exact) mass is 443 g/mol. The van der Waals surface area contributed by atoms with Crippen LogP contribution in [0.2, 0.25) is 0 Å². The van der Waals surface area contributed by atoms with Gasteiger partial charge in [0.2, 0.25) is 22.3 Å². The zero-order valence-electron chi connectivity index (χ0n) is 16.1. The summed E-state index contributed by atoms with van der Waals surface area (Å²) in [5.74, 6) is 0.147. The predicted octanol–water partition coefficient (Wildman–Crippen LogP) is 1.79. The number of nitrogens with zero attached hydrogens (tertiary/aromatic N) is 5. The van der Waals surface area contributed by atoms with Crippen LogP contribution in [0.3, 0.4) is 0 Å². The van der Waals surface area contributed by atoms with E-state index in [1.54, 1.807) is 29.2 Å². The van der Waals surface area contributed by atoms with E-state index in [2.05, 4.69) is 10.2 Å². The van der Waals surface area contributed by atoms with E-state index in [0.717, 1.165) is 12.1 Å². The maximum Gasteiger partial charge on any atom is 0.269 e. The summed E-state index contributed by atoms with van der Waals surface area (Å²) >= 11 is 0. The minimum Gasteiger partial charge on any atom is -0.423 e. The number of non-ortho nitro benzene ring substituents is 1. The van der Waals surface area contributed by atoms with Crippen molar-refractivity contribution in [2.75, 3.05) is 26.2 Å². The molecule has 0 aliphatic carbocycles. The third-order valence-electron chi connectivity index (χ3n) is 4.95. The van der Waals surface area contributed by atoms with Crippen molar-refractivity contribution in [2.24, 2.45) is 0 Å². The van der Waals surface area contributed by atoms with Crippen LogP contribution in [-0.2, 0) is 10.0 Å². The Labute approximate surface area is 177 Å². The molecule has 1 aliphatic heterocycles. The first-order valence-corrected chi connectivity index (χ1v) is 10.7. The summed E-state index contributed by atoms with van der Waals surface area (Å²) in [6, 6.07) is 11.5. The molecule has 1 amide bonds. The quantitative estimate of drug-likeness (QED) is 0.429. The Bertz CT molecular complexity index is 1190. The van der Waals surface area contributed by atoms with Gasteiger partial charge >= 0.3 is 0 Å². The van der Waals surface area contributed by atoms with E-state index >= 15 is 0 Å². The van der Waals surface area contributed by atoms with Gasteiger partial charge in [-0.05, 0) is 36.4 Å². The number of hydrogen-bond acceptors (Lipinski definition) is 8. The number of carbonyl (C=O) groups excluding carboxylic acids is 1. The van der Waals surface area contributed by atoms with Crippen molar-refractivity contribution in [1.29, 1.82) is 0 Å². The van der Waals surface area contributed by atoms with Crippen molar-refractivity contribution < 1.29 is 22.6 Å². The average Bonchev–Trinajstić information content (AvgIpc) is 3.34. The summed E-state index contributed by atoms with van der Waals surface area (Å²) in [6.07, 6.45) is 1.22. The van der Waals surface area contributed by atoms with E-state index in [0.29, 0.717) is 17.0 Å². The molecule has 1 fully saturated rings. The normalized spacial score (nSPS) is 15.0. The van der Waals surface area contributed by atoms with Gasteiger partial charge in [-0.1, -0.05) is 0 Å². The highest BCUT2D eigenvalue weighted by atomic mass is 32.2. The van der Waals surface area contributed by atoms with Gasteiger partial charge in [-0.3, -0.25) is 14.9 Å². The van der Waals surface area contributed by atoms with E-state index in [9.17, 15) is 23.3 Å². The summed E-state index contributed by atoms with van der Waals surface area (Å²) in [7, 11) is -3.80. The van der Waals surface area contributed by atoms with Crippen LogP contribution in [0, 0.1) is 10.1 Å². The largest absolute Gasteiger partial charge is 0.423 e. The fraction of sp³-hybridized carbons (Fsp3) is 0.211. The number of nitro groups is 1. The van der Waals surface area contributed by atoms with Gasteiger partial charge in [-0.15, -0.1) is 10.2 Å². The Morgan fingerprint density at radius 1 is 1.00 bits per heavy atom. The van der Waals surface area contributed by atoms with Crippen LogP contribution in [0.25, 0.3) is 11.5 Å². The van der Waals surface area contributed by atoms with Crippen LogP contribution in [-0.4, -0.2) is 64.8 Å². The van der Waals surface area contributed by atoms with E-state index < -0.39 is 14.9 Å². The second kappa shape index (κ2) is 8.24. The van der Waals surface area contributed by atoms with E-state index in [4.69, 9.17) is 4.42 Å². The van der Waals surface area contributed by atoms with Crippen LogP contribution in [0.4, 0.5) is 5.69 Å². The van der Waals surface area contributed by atoms with Gasteiger partial charge in [0, 0.05) is 49.4 Å². The fourth-order valence-electron chi connectivity index (χ4n) is 3.26. The van der Waals surface area contributed by atoms with E-state index in [-0.39, 0.29) is 42.7 Å². The summed E-state index contributed by atoms with van der Waals surface area (Å²) in [5.41, 5.74) is 0.975. The van der Waals surface area contributed by atoms with E-state index in [1.165, 1.54) is 22.8 Å². The molecule has 0 N–H and O–H groups in total.